The molecule has 0 unspecified atom stereocenters. The summed E-state index contributed by atoms with van der Waals surface area (Å²) in [4.78, 5) is 36.4. The fourth-order valence-electron chi connectivity index (χ4n) is 2.27. The monoisotopic (exact) mass is 276 g/mol. The number of carbonyl (C=O) groups excluding carboxylic acids is 3. The van der Waals surface area contributed by atoms with E-state index in [9.17, 15) is 14.4 Å². The molecule has 1 aromatic rings. The first kappa shape index (κ1) is 14.0. The lowest BCUT2D eigenvalue weighted by Crippen LogP contribution is -2.37. The summed E-state index contributed by atoms with van der Waals surface area (Å²) >= 11 is 1.31. The van der Waals surface area contributed by atoms with Crippen LogP contribution >= 0.6 is 11.8 Å². The van der Waals surface area contributed by atoms with Crippen LogP contribution in [0.15, 0.2) is 35.2 Å². The summed E-state index contributed by atoms with van der Waals surface area (Å²) in [5.41, 5.74) is 0. The van der Waals surface area contributed by atoms with Crippen molar-refractivity contribution < 1.29 is 14.4 Å². The van der Waals surface area contributed by atoms with Crippen molar-refractivity contribution >= 4 is 29.1 Å². The van der Waals surface area contributed by atoms with Gasteiger partial charge in [0.25, 0.3) is 0 Å². The van der Waals surface area contributed by atoms with Crippen LogP contribution in [-0.4, -0.2) is 22.1 Å². The van der Waals surface area contributed by atoms with Gasteiger partial charge in [0.1, 0.15) is 10.5 Å². The molecule has 4 heteroatoms. The van der Waals surface area contributed by atoms with E-state index in [1.807, 2.05) is 30.3 Å². The zero-order valence-electron chi connectivity index (χ0n) is 10.8. The molecule has 0 aromatic heterocycles. The van der Waals surface area contributed by atoms with E-state index in [-0.39, 0.29) is 23.8 Å². The highest BCUT2D eigenvalue weighted by Gasteiger charge is 2.49. The Labute approximate surface area is 116 Å². The average molecular weight is 276 g/mol. The second kappa shape index (κ2) is 5.70. The normalized spacial score (nSPS) is 17.7. The summed E-state index contributed by atoms with van der Waals surface area (Å²) in [6.07, 6.45) is 1.20. The maximum absolute atomic E-state index is 12.2. The third-order valence-electron chi connectivity index (χ3n) is 3.34. The lowest BCUT2D eigenvalue weighted by atomic mass is 9.97. The fraction of sp³-hybridized carbons (Fsp3) is 0.400. The number of benzene rings is 1. The Balaban J connectivity index is 2.26. The molecule has 0 saturated heterocycles. The Kier molecular flexibility index (Phi) is 4.20. The molecule has 1 aromatic carbocycles. The molecule has 0 bridgehead atoms. The lowest BCUT2D eigenvalue weighted by Gasteiger charge is -2.24. The molecule has 0 spiro atoms. The van der Waals surface area contributed by atoms with Crippen LogP contribution in [0.3, 0.4) is 0 Å². The maximum Gasteiger partial charge on any atom is 0.157 e. The number of carbonyl (C=O) groups is 3. The van der Waals surface area contributed by atoms with Crippen LogP contribution in [0.25, 0.3) is 0 Å². The van der Waals surface area contributed by atoms with Gasteiger partial charge in [0.15, 0.2) is 11.6 Å². The number of ketones is 3. The van der Waals surface area contributed by atoms with Crippen molar-refractivity contribution in [3.05, 3.63) is 30.3 Å². The number of rotatable bonds is 5. The molecular formula is C15H16O3S. The molecule has 1 fully saturated rings. The van der Waals surface area contributed by atoms with Crippen LogP contribution in [-0.2, 0) is 14.4 Å². The van der Waals surface area contributed by atoms with Gasteiger partial charge in [-0.2, -0.15) is 0 Å². The molecule has 100 valence electrons. The van der Waals surface area contributed by atoms with Crippen LogP contribution < -0.4 is 0 Å². The van der Waals surface area contributed by atoms with E-state index >= 15 is 0 Å². The van der Waals surface area contributed by atoms with E-state index in [0.717, 1.165) is 4.90 Å². The molecule has 1 aliphatic rings. The van der Waals surface area contributed by atoms with E-state index in [2.05, 4.69) is 0 Å². The highest BCUT2D eigenvalue weighted by molar-refractivity contribution is 8.02. The first-order chi connectivity index (χ1) is 9.04. The van der Waals surface area contributed by atoms with Crippen molar-refractivity contribution in [1.82, 2.24) is 0 Å². The first-order valence-corrected chi connectivity index (χ1v) is 7.16. The Hall–Kier alpha value is -1.42. The predicted molar refractivity (Wildman–Crippen MR) is 74.2 cm³/mol. The van der Waals surface area contributed by atoms with Gasteiger partial charge in [0, 0.05) is 24.2 Å². The SMILES string of the molecule is CC(=O)CCC1(Sc2ccccc2)C(=O)CCC1=O. The first-order valence-electron chi connectivity index (χ1n) is 6.35. The van der Waals surface area contributed by atoms with E-state index in [1.54, 1.807) is 0 Å². The second-order valence-electron chi connectivity index (χ2n) is 4.79. The zero-order valence-corrected chi connectivity index (χ0v) is 11.7. The third-order valence-corrected chi connectivity index (χ3v) is 4.86. The molecule has 1 aliphatic carbocycles. The van der Waals surface area contributed by atoms with Crippen LogP contribution in [0, 0.1) is 0 Å². The smallest absolute Gasteiger partial charge is 0.157 e. The number of thioether (sulfide) groups is 1. The van der Waals surface area contributed by atoms with E-state index < -0.39 is 4.75 Å². The van der Waals surface area contributed by atoms with Crippen molar-refractivity contribution in [2.24, 2.45) is 0 Å². The third kappa shape index (κ3) is 2.95. The van der Waals surface area contributed by atoms with Gasteiger partial charge in [-0.05, 0) is 25.5 Å². The van der Waals surface area contributed by atoms with Crippen LogP contribution in [0.4, 0.5) is 0 Å². The van der Waals surface area contributed by atoms with E-state index in [1.165, 1.54) is 18.7 Å². The molecule has 0 heterocycles. The van der Waals surface area contributed by atoms with Gasteiger partial charge >= 0.3 is 0 Å². The summed E-state index contributed by atoms with van der Waals surface area (Å²) in [6, 6.07) is 9.43. The minimum Gasteiger partial charge on any atom is -0.300 e. The molecule has 0 amide bonds. The highest BCUT2D eigenvalue weighted by Crippen LogP contribution is 2.43. The molecule has 0 N–H and O–H groups in total. The van der Waals surface area contributed by atoms with Crippen LogP contribution in [0.1, 0.15) is 32.6 Å². The topological polar surface area (TPSA) is 51.2 Å². The second-order valence-corrected chi connectivity index (χ2v) is 6.16. The molecule has 0 atom stereocenters. The quantitative estimate of drug-likeness (QED) is 0.776. The van der Waals surface area contributed by atoms with Gasteiger partial charge < -0.3 is 4.79 Å². The lowest BCUT2D eigenvalue weighted by molar-refractivity contribution is -0.125. The molecular weight excluding hydrogens is 260 g/mol. The highest BCUT2D eigenvalue weighted by atomic mass is 32.2. The molecule has 19 heavy (non-hydrogen) atoms. The Morgan fingerprint density at radius 1 is 1.16 bits per heavy atom. The van der Waals surface area contributed by atoms with Gasteiger partial charge in [0.2, 0.25) is 0 Å². The Bertz CT molecular complexity index is 491. The number of hydrogen-bond donors (Lipinski definition) is 0. The zero-order chi connectivity index (χ0) is 13.9. The van der Waals surface area contributed by atoms with Crippen LogP contribution in [0.2, 0.25) is 0 Å². The van der Waals surface area contributed by atoms with Crippen molar-refractivity contribution in [3.63, 3.8) is 0 Å². The minimum absolute atomic E-state index is 0.0144. The predicted octanol–water partition coefficient (Wildman–Crippen LogP) is 2.82. The van der Waals surface area contributed by atoms with Crippen molar-refractivity contribution in [2.75, 3.05) is 0 Å². The van der Waals surface area contributed by atoms with Crippen molar-refractivity contribution in [2.45, 2.75) is 42.2 Å². The standard InChI is InChI=1S/C15H16O3S/c1-11(16)9-10-15(13(17)7-8-14(15)18)19-12-5-3-2-4-6-12/h2-6H,7-10H2,1H3. The molecule has 0 aliphatic heterocycles. The van der Waals surface area contributed by atoms with E-state index in [0.29, 0.717) is 19.3 Å². The summed E-state index contributed by atoms with van der Waals surface area (Å²) < 4.78 is -1.03. The van der Waals surface area contributed by atoms with E-state index in [4.69, 9.17) is 0 Å². The van der Waals surface area contributed by atoms with Gasteiger partial charge in [-0.15, -0.1) is 11.8 Å². The summed E-state index contributed by atoms with van der Waals surface area (Å²) in [7, 11) is 0. The van der Waals surface area contributed by atoms with Gasteiger partial charge in [-0.25, -0.2) is 0 Å². The molecule has 0 radical (unpaired) electrons. The average Bonchev–Trinajstić information content (AvgIpc) is 2.66. The maximum atomic E-state index is 12.2. The van der Waals surface area contributed by atoms with Crippen molar-refractivity contribution in [1.29, 1.82) is 0 Å². The summed E-state index contributed by atoms with van der Waals surface area (Å²) in [6.45, 7) is 1.49. The molecule has 2 rings (SSSR count). The number of Topliss-reactive ketones (excluding diaryl/α,β-unsaturated/α-hetero) is 3. The van der Waals surface area contributed by atoms with Crippen molar-refractivity contribution in [3.8, 4) is 0 Å². The Morgan fingerprint density at radius 2 is 1.74 bits per heavy atom. The minimum atomic E-state index is -1.03. The largest absolute Gasteiger partial charge is 0.300 e. The Morgan fingerprint density at radius 3 is 2.26 bits per heavy atom. The number of hydrogen-bond acceptors (Lipinski definition) is 4. The van der Waals surface area contributed by atoms with Gasteiger partial charge in [-0.3, -0.25) is 9.59 Å². The summed E-state index contributed by atoms with van der Waals surface area (Å²) in [5.74, 6) is -0.0549. The summed E-state index contributed by atoms with van der Waals surface area (Å²) in [5, 5.41) is 0. The fourth-order valence-corrected chi connectivity index (χ4v) is 3.60. The van der Waals surface area contributed by atoms with Crippen LogP contribution in [0.5, 0.6) is 0 Å². The molecule has 3 nitrogen and oxygen atoms in total. The van der Waals surface area contributed by atoms with Gasteiger partial charge in [0.05, 0.1) is 0 Å². The molecule has 1 saturated carbocycles. The van der Waals surface area contributed by atoms with Gasteiger partial charge in [-0.1, -0.05) is 18.2 Å².